The fourth-order valence-electron chi connectivity index (χ4n) is 3.54. The van der Waals surface area contributed by atoms with Crippen molar-refractivity contribution in [1.82, 2.24) is 15.2 Å². The molecular formula is C18H31N3. The van der Waals surface area contributed by atoms with Gasteiger partial charge in [-0.25, -0.2) is 0 Å². The molecule has 1 aliphatic carbocycles. The molecule has 3 heteroatoms. The van der Waals surface area contributed by atoms with Crippen molar-refractivity contribution < 1.29 is 0 Å². The van der Waals surface area contributed by atoms with Gasteiger partial charge in [-0.3, -0.25) is 9.88 Å². The molecule has 0 saturated heterocycles. The Morgan fingerprint density at radius 2 is 2.05 bits per heavy atom. The van der Waals surface area contributed by atoms with E-state index in [-0.39, 0.29) is 0 Å². The summed E-state index contributed by atoms with van der Waals surface area (Å²) >= 11 is 0. The van der Waals surface area contributed by atoms with Crippen LogP contribution in [0.1, 0.15) is 45.2 Å². The molecule has 0 unspecified atom stereocenters. The summed E-state index contributed by atoms with van der Waals surface area (Å²) in [5.41, 5.74) is 1.64. The second-order valence-corrected chi connectivity index (χ2v) is 7.23. The van der Waals surface area contributed by atoms with E-state index in [2.05, 4.69) is 48.2 Å². The highest BCUT2D eigenvalue weighted by Crippen LogP contribution is 2.38. The van der Waals surface area contributed by atoms with Crippen LogP contribution in [0.2, 0.25) is 0 Å². The Labute approximate surface area is 130 Å². The molecule has 3 nitrogen and oxygen atoms in total. The number of pyridine rings is 1. The second-order valence-electron chi connectivity index (χ2n) is 7.23. The number of hydrogen-bond acceptors (Lipinski definition) is 3. The highest BCUT2D eigenvalue weighted by molar-refractivity contribution is 5.03. The average molecular weight is 289 g/mol. The summed E-state index contributed by atoms with van der Waals surface area (Å²) in [6.07, 6.45) is 7.40. The first kappa shape index (κ1) is 16.4. The van der Waals surface area contributed by atoms with Gasteiger partial charge in [-0.05, 0) is 49.9 Å². The van der Waals surface area contributed by atoms with Crippen LogP contribution in [0, 0.1) is 11.3 Å². The van der Waals surface area contributed by atoms with Crippen molar-refractivity contribution >= 4 is 0 Å². The van der Waals surface area contributed by atoms with Gasteiger partial charge in [0.1, 0.15) is 0 Å². The van der Waals surface area contributed by atoms with Crippen LogP contribution in [0.15, 0.2) is 24.4 Å². The molecule has 1 saturated carbocycles. The molecule has 2 rings (SSSR count). The smallest absolute Gasteiger partial charge is 0.0543 e. The zero-order valence-electron chi connectivity index (χ0n) is 13.9. The lowest BCUT2D eigenvalue weighted by Gasteiger charge is -2.34. The standard InChI is InChI=1S/C18H31N3/c1-16(2)12-19-14-18(9-5-6-10-18)15-21(3)13-17-8-4-7-11-20-17/h4,7-8,11,16,19H,5-6,9-10,12-15H2,1-3H3. The van der Waals surface area contributed by atoms with Gasteiger partial charge in [0.2, 0.25) is 0 Å². The van der Waals surface area contributed by atoms with E-state index in [1.54, 1.807) is 0 Å². The molecule has 0 aromatic carbocycles. The normalized spacial score (nSPS) is 17.8. The van der Waals surface area contributed by atoms with Gasteiger partial charge in [0.25, 0.3) is 0 Å². The van der Waals surface area contributed by atoms with E-state index in [0.29, 0.717) is 5.41 Å². The molecule has 0 amide bonds. The molecule has 1 fully saturated rings. The molecule has 118 valence electrons. The van der Waals surface area contributed by atoms with Crippen molar-refractivity contribution in [2.75, 3.05) is 26.7 Å². The maximum atomic E-state index is 4.44. The first-order valence-corrected chi connectivity index (χ1v) is 8.39. The molecule has 1 aromatic heterocycles. The number of rotatable bonds is 8. The van der Waals surface area contributed by atoms with E-state index in [1.165, 1.54) is 37.9 Å². The zero-order chi connectivity index (χ0) is 15.1. The van der Waals surface area contributed by atoms with Crippen LogP contribution >= 0.6 is 0 Å². The number of nitrogens with zero attached hydrogens (tertiary/aromatic N) is 2. The Morgan fingerprint density at radius 3 is 2.67 bits per heavy atom. The third-order valence-electron chi connectivity index (χ3n) is 4.48. The Hall–Kier alpha value is -0.930. The van der Waals surface area contributed by atoms with Crippen molar-refractivity contribution in [3.8, 4) is 0 Å². The van der Waals surface area contributed by atoms with Crippen LogP contribution < -0.4 is 5.32 Å². The van der Waals surface area contributed by atoms with Gasteiger partial charge in [-0.2, -0.15) is 0 Å². The molecule has 1 aliphatic rings. The largest absolute Gasteiger partial charge is 0.316 e. The maximum Gasteiger partial charge on any atom is 0.0543 e. The van der Waals surface area contributed by atoms with E-state index < -0.39 is 0 Å². The molecule has 1 N–H and O–H groups in total. The average Bonchev–Trinajstić information content (AvgIpc) is 2.87. The van der Waals surface area contributed by atoms with Crippen molar-refractivity contribution in [3.05, 3.63) is 30.1 Å². The lowest BCUT2D eigenvalue weighted by Crippen LogP contribution is -2.42. The van der Waals surface area contributed by atoms with Crippen molar-refractivity contribution in [2.45, 2.75) is 46.1 Å². The number of aromatic nitrogens is 1. The van der Waals surface area contributed by atoms with E-state index in [4.69, 9.17) is 0 Å². The van der Waals surface area contributed by atoms with Crippen molar-refractivity contribution in [3.63, 3.8) is 0 Å². The fourth-order valence-corrected chi connectivity index (χ4v) is 3.54. The van der Waals surface area contributed by atoms with Gasteiger partial charge in [0.15, 0.2) is 0 Å². The van der Waals surface area contributed by atoms with E-state index >= 15 is 0 Å². The molecule has 0 radical (unpaired) electrons. The summed E-state index contributed by atoms with van der Waals surface area (Å²) < 4.78 is 0. The summed E-state index contributed by atoms with van der Waals surface area (Å²) in [6, 6.07) is 6.18. The van der Waals surface area contributed by atoms with Gasteiger partial charge in [0.05, 0.1) is 5.69 Å². The van der Waals surface area contributed by atoms with E-state index in [0.717, 1.165) is 25.6 Å². The van der Waals surface area contributed by atoms with Crippen molar-refractivity contribution in [1.29, 1.82) is 0 Å². The Bertz CT molecular complexity index is 396. The Kier molecular flexibility index (Phi) is 6.19. The molecule has 21 heavy (non-hydrogen) atoms. The molecule has 0 aliphatic heterocycles. The van der Waals surface area contributed by atoms with E-state index in [9.17, 15) is 0 Å². The summed E-state index contributed by atoms with van der Waals surface area (Å²) in [5, 5.41) is 3.69. The SMILES string of the molecule is CC(C)CNCC1(CN(C)Cc2ccccn2)CCCC1. The third kappa shape index (κ3) is 5.40. The minimum absolute atomic E-state index is 0.471. The topological polar surface area (TPSA) is 28.2 Å². The van der Waals surface area contributed by atoms with Crippen LogP contribution in [0.3, 0.4) is 0 Å². The molecular weight excluding hydrogens is 258 g/mol. The second kappa shape index (κ2) is 7.90. The van der Waals surface area contributed by atoms with Crippen molar-refractivity contribution in [2.24, 2.45) is 11.3 Å². The minimum Gasteiger partial charge on any atom is -0.316 e. The Balaban J connectivity index is 1.86. The van der Waals surface area contributed by atoms with Crippen LogP contribution in [0.5, 0.6) is 0 Å². The van der Waals surface area contributed by atoms with Crippen LogP contribution in [-0.2, 0) is 6.54 Å². The molecule has 0 bridgehead atoms. The number of nitrogens with one attached hydrogen (secondary N) is 1. The number of hydrogen-bond donors (Lipinski definition) is 1. The fraction of sp³-hybridized carbons (Fsp3) is 0.722. The third-order valence-corrected chi connectivity index (χ3v) is 4.48. The van der Waals surface area contributed by atoms with Crippen LogP contribution in [0.25, 0.3) is 0 Å². The maximum absolute atomic E-state index is 4.44. The summed E-state index contributed by atoms with van der Waals surface area (Å²) in [4.78, 5) is 6.89. The van der Waals surface area contributed by atoms with Gasteiger partial charge < -0.3 is 5.32 Å². The molecule has 0 spiro atoms. The van der Waals surface area contributed by atoms with Gasteiger partial charge >= 0.3 is 0 Å². The van der Waals surface area contributed by atoms with E-state index in [1.807, 2.05) is 12.3 Å². The summed E-state index contributed by atoms with van der Waals surface area (Å²) in [6.45, 7) is 8.98. The first-order valence-electron chi connectivity index (χ1n) is 8.39. The monoisotopic (exact) mass is 289 g/mol. The van der Waals surface area contributed by atoms with Gasteiger partial charge in [-0.1, -0.05) is 32.8 Å². The quantitative estimate of drug-likeness (QED) is 0.796. The van der Waals surface area contributed by atoms with Crippen LogP contribution in [-0.4, -0.2) is 36.6 Å². The highest BCUT2D eigenvalue weighted by atomic mass is 15.1. The lowest BCUT2D eigenvalue weighted by molar-refractivity contribution is 0.165. The van der Waals surface area contributed by atoms with Crippen LogP contribution in [0.4, 0.5) is 0 Å². The minimum atomic E-state index is 0.471. The first-order chi connectivity index (χ1) is 10.1. The highest BCUT2D eigenvalue weighted by Gasteiger charge is 2.34. The van der Waals surface area contributed by atoms with Gasteiger partial charge in [-0.15, -0.1) is 0 Å². The molecule has 0 atom stereocenters. The Morgan fingerprint density at radius 1 is 1.29 bits per heavy atom. The molecule has 1 heterocycles. The summed E-state index contributed by atoms with van der Waals surface area (Å²) in [5.74, 6) is 0.731. The predicted molar refractivity (Wildman–Crippen MR) is 89.2 cm³/mol. The predicted octanol–water partition coefficient (Wildman–Crippen LogP) is 3.32. The molecule has 1 aromatic rings. The lowest BCUT2D eigenvalue weighted by atomic mass is 9.85. The summed E-state index contributed by atoms with van der Waals surface area (Å²) in [7, 11) is 2.23. The van der Waals surface area contributed by atoms with Gasteiger partial charge in [0, 0.05) is 25.8 Å². The zero-order valence-corrected chi connectivity index (χ0v) is 13.9.